The number of carbonyl (C=O) groups excluding carboxylic acids is 1. The number of amides is 1. The lowest BCUT2D eigenvalue weighted by atomic mass is 10.3. The number of rotatable bonds is 4. The summed E-state index contributed by atoms with van der Waals surface area (Å²) in [6.45, 7) is 0. The molecule has 4 N–H and O–H groups in total. The maximum absolute atomic E-state index is 10.3. The van der Waals surface area contributed by atoms with E-state index in [9.17, 15) is 13.2 Å². The SMILES string of the molecule is NC(=O)C(CS)NS(=O)(=O)O. The highest BCUT2D eigenvalue weighted by molar-refractivity contribution is 7.84. The van der Waals surface area contributed by atoms with Gasteiger partial charge in [-0.1, -0.05) is 0 Å². The standard InChI is InChI=1S/C3H8N2O4S2/c4-3(6)2(1-10)5-11(7,8)9/h2,5,10H,1H2,(H2,4,6)(H,7,8,9). The molecule has 0 aromatic carbocycles. The second kappa shape index (κ2) is 3.90. The molecule has 0 aliphatic carbocycles. The maximum Gasteiger partial charge on any atom is 0.334 e. The van der Waals surface area contributed by atoms with Gasteiger partial charge in [-0.3, -0.25) is 9.35 Å². The van der Waals surface area contributed by atoms with Gasteiger partial charge < -0.3 is 5.73 Å². The Morgan fingerprint density at radius 2 is 2.18 bits per heavy atom. The molecule has 0 aliphatic rings. The molecule has 1 amide bonds. The van der Waals surface area contributed by atoms with Crippen molar-refractivity contribution < 1.29 is 17.8 Å². The van der Waals surface area contributed by atoms with Crippen LogP contribution in [0.15, 0.2) is 0 Å². The molecule has 0 heterocycles. The third-order valence-electron chi connectivity index (χ3n) is 0.817. The van der Waals surface area contributed by atoms with E-state index in [1.807, 2.05) is 0 Å². The first kappa shape index (κ1) is 10.7. The molecule has 66 valence electrons. The summed E-state index contributed by atoms with van der Waals surface area (Å²) in [5.41, 5.74) is 4.73. The minimum atomic E-state index is -4.38. The van der Waals surface area contributed by atoms with Crippen molar-refractivity contribution in [2.24, 2.45) is 5.73 Å². The summed E-state index contributed by atoms with van der Waals surface area (Å²) in [6.07, 6.45) is 0. The highest BCUT2D eigenvalue weighted by atomic mass is 32.2. The molecule has 0 radical (unpaired) electrons. The van der Waals surface area contributed by atoms with Crippen molar-refractivity contribution in [1.82, 2.24) is 4.72 Å². The minimum absolute atomic E-state index is 0.102. The summed E-state index contributed by atoms with van der Waals surface area (Å²) in [4.78, 5) is 10.3. The molecule has 0 spiro atoms. The third-order valence-corrected chi connectivity index (χ3v) is 1.76. The van der Waals surface area contributed by atoms with Crippen molar-refractivity contribution >= 4 is 28.8 Å². The average molecular weight is 200 g/mol. The van der Waals surface area contributed by atoms with Gasteiger partial charge in [-0.25, -0.2) is 0 Å². The molecule has 6 nitrogen and oxygen atoms in total. The number of nitrogens with one attached hydrogen (secondary N) is 1. The van der Waals surface area contributed by atoms with Crippen molar-refractivity contribution in [3.8, 4) is 0 Å². The van der Waals surface area contributed by atoms with Crippen LogP contribution >= 0.6 is 12.6 Å². The monoisotopic (exact) mass is 200 g/mol. The molecule has 0 aromatic heterocycles. The van der Waals surface area contributed by atoms with Crippen LogP contribution in [0, 0.1) is 0 Å². The van der Waals surface area contributed by atoms with Crippen molar-refractivity contribution in [2.75, 3.05) is 5.75 Å². The summed E-state index contributed by atoms with van der Waals surface area (Å²) in [6, 6.07) is -1.17. The molecule has 8 heteroatoms. The molecular formula is C3H8N2O4S2. The van der Waals surface area contributed by atoms with E-state index in [0.29, 0.717) is 0 Å². The fourth-order valence-electron chi connectivity index (χ4n) is 0.365. The van der Waals surface area contributed by atoms with Gasteiger partial charge in [0.25, 0.3) is 0 Å². The quantitative estimate of drug-likeness (QED) is 0.316. The fraction of sp³-hybridized carbons (Fsp3) is 0.667. The molecule has 0 saturated heterocycles. The second-order valence-corrected chi connectivity index (χ2v) is 3.28. The van der Waals surface area contributed by atoms with Gasteiger partial charge in [-0.15, -0.1) is 0 Å². The van der Waals surface area contributed by atoms with E-state index in [2.05, 4.69) is 12.6 Å². The summed E-state index contributed by atoms with van der Waals surface area (Å²) >= 11 is 3.63. The minimum Gasteiger partial charge on any atom is -0.368 e. The Bertz CT molecular complexity index is 236. The molecule has 1 unspecified atom stereocenters. The molecule has 0 rings (SSSR count). The number of carbonyl (C=O) groups is 1. The number of hydrogen-bond donors (Lipinski definition) is 4. The first-order chi connectivity index (χ1) is 4.87. The molecule has 0 saturated carbocycles. The summed E-state index contributed by atoms with van der Waals surface area (Å²) < 4.78 is 30.0. The smallest absolute Gasteiger partial charge is 0.334 e. The van der Waals surface area contributed by atoms with Crippen molar-refractivity contribution in [1.29, 1.82) is 0 Å². The van der Waals surface area contributed by atoms with Crippen molar-refractivity contribution in [3.05, 3.63) is 0 Å². The molecule has 0 fully saturated rings. The van der Waals surface area contributed by atoms with E-state index in [1.165, 1.54) is 0 Å². The van der Waals surface area contributed by atoms with Gasteiger partial charge in [0.2, 0.25) is 5.91 Å². The van der Waals surface area contributed by atoms with E-state index in [0.717, 1.165) is 0 Å². The van der Waals surface area contributed by atoms with Crippen LogP contribution in [0.4, 0.5) is 0 Å². The van der Waals surface area contributed by atoms with Crippen LogP contribution in [0.2, 0.25) is 0 Å². The molecule has 11 heavy (non-hydrogen) atoms. The van der Waals surface area contributed by atoms with Crippen LogP contribution in [-0.4, -0.2) is 30.7 Å². The highest BCUT2D eigenvalue weighted by Gasteiger charge is 2.18. The molecule has 0 bridgehead atoms. The van der Waals surface area contributed by atoms with Gasteiger partial charge in [-0.05, 0) is 0 Å². The lowest BCUT2D eigenvalue weighted by Crippen LogP contribution is -2.45. The zero-order chi connectivity index (χ0) is 9.07. The Labute approximate surface area is 69.4 Å². The Morgan fingerprint density at radius 3 is 2.27 bits per heavy atom. The van der Waals surface area contributed by atoms with Gasteiger partial charge in [0.1, 0.15) is 6.04 Å². The summed E-state index contributed by atoms with van der Waals surface area (Å²) in [5.74, 6) is -0.993. The number of thiol groups is 1. The lowest BCUT2D eigenvalue weighted by molar-refractivity contribution is -0.119. The number of hydrogen-bond acceptors (Lipinski definition) is 4. The van der Waals surface area contributed by atoms with Gasteiger partial charge in [0, 0.05) is 5.75 Å². The second-order valence-electron chi connectivity index (χ2n) is 1.73. The van der Waals surface area contributed by atoms with E-state index in [-0.39, 0.29) is 5.75 Å². The van der Waals surface area contributed by atoms with Crippen molar-refractivity contribution in [2.45, 2.75) is 6.04 Å². The zero-order valence-electron chi connectivity index (χ0n) is 5.39. The number of primary amides is 1. The average Bonchev–Trinajstić information content (AvgIpc) is 1.80. The molecule has 0 aromatic rings. The summed E-state index contributed by atoms with van der Waals surface area (Å²) in [7, 11) is -4.38. The van der Waals surface area contributed by atoms with E-state index >= 15 is 0 Å². The predicted octanol–water partition coefficient (Wildman–Crippen LogP) is -1.84. The molecule has 1 atom stereocenters. The zero-order valence-corrected chi connectivity index (χ0v) is 7.10. The Hall–Kier alpha value is -0.310. The van der Waals surface area contributed by atoms with Gasteiger partial charge >= 0.3 is 10.3 Å². The van der Waals surface area contributed by atoms with Crippen LogP contribution < -0.4 is 10.5 Å². The summed E-state index contributed by atoms with van der Waals surface area (Å²) in [5, 5.41) is 0. The fourth-order valence-corrected chi connectivity index (χ4v) is 1.32. The van der Waals surface area contributed by atoms with Crippen LogP contribution in [-0.2, 0) is 15.1 Å². The molecular weight excluding hydrogens is 192 g/mol. The van der Waals surface area contributed by atoms with E-state index in [1.54, 1.807) is 4.72 Å². The van der Waals surface area contributed by atoms with E-state index in [4.69, 9.17) is 10.3 Å². The molecule has 0 aliphatic heterocycles. The first-order valence-corrected chi connectivity index (χ1v) is 4.59. The van der Waals surface area contributed by atoms with Crippen LogP contribution in [0.1, 0.15) is 0 Å². The highest BCUT2D eigenvalue weighted by Crippen LogP contribution is 1.88. The topological polar surface area (TPSA) is 109 Å². The Kier molecular flexibility index (Phi) is 3.79. The van der Waals surface area contributed by atoms with Crippen LogP contribution in [0.3, 0.4) is 0 Å². The normalized spacial score (nSPS) is 14.4. The predicted molar refractivity (Wildman–Crippen MR) is 41.5 cm³/mol. The van der Waals surface area contributed by atoms with Gasteiger partial charge in [-0.2, -0.15) is 25.8 Å². The van der Waals surface area contributed by atoms with Crippen molar-refractivity contribution in [3.63, 3.8) is 0 Å². The number of nitrogens with two attached hydrogens (primary N) is 1. The van der Waals surface area contributed by atoms with Gasteiger partial charge in [0.05, 0.1) is 0 Å². The maximum atomic E-state index is 10.3. The Morgan fingerprint density at radius 1 is 1.73 bits per heavy atom. The van der Waals surface area contributed by atoms with Crippen LogP contribution in [0.5, 0.6) is 0 Å². The largest absolute Gasteiger partial charge is 0.368 e. The van der Waals surface area contributed by atoms with Gasteiger partial charge in [0.15, 0.2) is 0 Å². The first-order valence-electron chi connectivity index (χ1n) is 2.51. The third kappa shape index (κ3) is 5.01. The van der Waals surface area contributed by atoms with E-state index < -0.39 is 22.3 Å². The van der Waals surface area contributed by atoms with Crippen LogP contribution in [0.25, 0.3) is 0 Å². The Balaban J connectivity index is 4.22. The lowest BCUT2D eigenvalue weighted by Gasteiger charge is -2.08.